The van der Waals surface area contributed by atoms with Gasteiger partial charge in [-0.3, -0.25) is 0 Å². The minimum atomic E-state index is -3.47. The highest BCUT2D eigenvalue weighted by Gasteiger charge is 2.30. The van der Waals surface area contributed by atoms with Gasteiger partial charge in [0.1, 0.15) is 0 Å². The highest BCUT2D eigenvalue weighted by atomic mass is 32.2. The first-order valence-corrected chi connectivity index (χ1v) is 9.04. The molecule has 1 aliphatic rings. The maximum Gasteiger partial charge on any atom is 0.244 e. The zero-order valence-electron chi connectivity index (χ0n) is 11.2. The third-order valence-electron chi connectivity index (χ3n) is 3.84. The Morgan fingerprint density at radius 2 is 1.95 bits per heavy atom. The van der Waals surface area contributed by atoms with Crippen LogP contribution in [0.15, 0.2) is 16.3 Å². The van der Waals surface area contributed by atoms with Gasteiger partial charge in [0.2, 0.25) is 10.0 Å². The Bertz CT molecular complexity index is 502. The van der Waals surface area contributed by atoms with Crippen LogP contribution >= 0.6 is 11.3 Å². The molecule has 0 radical (unpaired) electrons. The minimum absolute atomic E-state index is 0.0962. The fourth-order valence-electron chi connectivity index (χ4n) is 2.65. The van der Waals surface area contributed by atoms with Crippen LogP contribution in [0.2, 0.25) is 0 Å². The van der Waals surface area contributed by atoms with Crippen molar-refractivity contribution in [3.05, 3.63) is 16.3 Å². The number of hydrogen-bond donors (Lipinski definition) is 1. The Labute approximate surface area is 119 Å². The number of thiophene rings is 1. The van der Waals surface area contributed by atoms with Gasteiger partial charge in [-0.1, -0.05) is 25.7 Å². The molecule has 2 rings (SSSR count). The van der Waals surface area contributed by atoms with Gasteiger partial charge in [0.25, 0.3) is 0 Å². The van der Waals surface area contributed by atoms with Crippen molar-refractivity contribution in [3.63, 3.8) is 0 Å². The summed E-state index contributed by atoms with van der Waals surface area (Å²) in [7, 11) is -1.80. The van der Waals surface area contributed by atoms with E-state index in [1.54, 1.807) is 18.5 Å². The third kappa shape index (κ3) is 3.18. The summed E-state index contributed by atoms with van der Waals surface area (Å²) in [5.74, 6) is 0. The van der Waals surface area contributed by atoms with Gasteiger partial charge in [0.05, 0.1) is 11.5 Å². The topological polar surface area (TPSA) is 57.6 Å². The molecule has 4 nitrogen and oxygen atoms in total. The van der Waals surface area contributed by atoms with Crippen molar-refractivity contribution >= 4 is 21.4 Å². The predicted octanol–water partition coefficient (Wildman–Crippen LogP) is 2.58. The first-order chi connectivity index (χ1) is 9.07. The van der Waals surface area contributed by atoms with E-state index in [0.717, 1.165) is 25.7 Å². The quantitative estimate of drug-likeness (QED) is 0.870. The fraction of sp³-hybridized carbons (Fsp3) is 0.692. The van der Waals surface area contributed by atoms with Gasteiger partial charge in [-0.25, -0.2) is 8.42 Å². The normalized spacial score (nSPS) is 18.7. The summed E-state index contributed by atoms with van der Waals surface area (Å²) < 4.78 is 26.7. The second kappa shape index (κ2) is 6.35. The van der Waals surface area contributed by atoms with Crippen LogP contribution in [0.25, 0.3) is 0 Å². The molecule has 0 aromatic carbocycles. The second-order valence-electron chi connectivity index (χ2n) is 5.03. The first-order valence-electron chi connectivity index (χ1n) is 6.72. The molecule has 0 spiro atoms. The third-order valence-corrected chi connectivity index (χ3v) is 6.87. The molecule has 0 saturated heterocycles. The zero-order chi connectivity index (χ0) is 13.9. The molecule has 1 N–H and O–H groups in total. The Morgan fingerprint density at radius 1 is 1.32 bits per heavy atom. The van der Waals surface area contributed by atoms with Crippen LogP contribution in [0.1, 0.15) is 43.4 Å². The van der Waals surface area contributed by atoms with E-state index in [-0.39, 0.29) is 17.5 Å². The molecule has 0 atom stereocenters. The maximum absolute atomic E-state index is 12.6. The Morgan fingerprint density at radius 3 is 2.53 bits per heavy atom. The molecule has 0 unspecified atom stereocenters. The highest BCUT2D eigenvalue weighted by Crippen LogP contribution is 2.29. The van der Waals surface area contributed by atoms with E-state index in [1.807, 2.05) is 0 Å². The van der Waals surface area contributed by atoms with E-state index in [9.17, 15) is 13.5 Å². The lowest BCUT2D eigenvalue weighted by Crippen LogP contribution is -2.36. The van der Waals surface area contributed by atoms with E-state index in [0.29, 0.717) is 4.88 Å². The Hall–Kier alpha value is -0.430. The summed E-state index contributed by atoms with van der Waals surface area (Å²) in [6.45, 7) is -0.218. The van der Waals surface area contributed by atoms with Crippen molar-refractivity contribution in [2.24, 2.45) is 0 Å². The molecule has 1 aliphatic carbocycles. The van der Waals surface area contributed by atoms with Gasteiger partial charge in [0.15, 0.2) is 0 Å². The molecule has 0 amide bonds. The predicted molar refractivity (Wildman–Crippen MR) is 76.7 cm³/mol. The molecule has 1 saturated carbocycles. The van der Waals surface area contributed by atoms with Crippen molar-refractivity contribution < 1.29 is 13.5 Å². The average Bonchev–Trinajstić information content (AvgIpc) is 2.73. The summed E-state index contributed by atoms with van der Waals surface area (Å²) >= 11 is 1.29. The number of aliphatic hydroxyl groups excluding tert-OH is 1. The first kappa shape index (κ1) is 15.0. The Kier molecular flexibility index (Phi) is 5.00. The van der Waals surface area contributed by atoms with Gasteiger partial charge in [0, 0.05) is 18.0 Å². The van der Waals surface area contributed by atoms with Crippen molar-refractivity contribution in [1.82, 2.24) is 4.31 Å². The van der Waals surface area contributed by atoms with E-state index in [2.05, 4.69) is 0 Å². The SMILES string of the molecule is CN(C1CCCCCC1)S(=O)(=O)c1ccsc1CO. The molecule has 19 heavy (non-hydrogen) atoms. The van der Waals surface area contributed by atoms with Crippen LogP contribution in [0.3, 0.4) is 0 Å². The van der Waals surface area contributed by atoms with Crippen molar-refractivity contribution in [2.75, 3.05) is 7.05 Å². The van der Waals surface area contributed by atoms with E-state index < -0.39 is 10.0 Å². The van der Waals surface area contributed by atoms with Crippen molar-refractivity contribution in [2.45, 2.75) is 56.1 Å². The molecule has 1 aromatic heterocycles. The minimum Gasteiger partial charge on any atom is -0.391 e. The number of rotatable bonds is 4. The Balaban J connectivity index is 2.23. The molecule has 1 fully saturated rings. The summed E-state index contributed by atoms with van der Waals surface area (Å²) in [6.07, 6.45) is 6.47. The number of hydrogen-bond acceptors (Lipinski definition) is 4. The summed E-state index contributed by atoms with van der Waals surface area (Å²) in [5, 5.41) is 11.0. The summed E-state index contributed by atoms with van der Waals surface area (Å²) in [4.78, 5) is 0.798. The highest BCUT2D eigenvalue weighted by molar-refractivity contribution is 7.89. The lowest BCUT2D eigenvalue weighted by Gasteiger charge is -2.26. The average molecular weight is 303 g/mol. The monoisotopic (exact) mass is 303 g/mol. The molecule has 1 aromatic rings. The summed E-state index contributed by atoms with van der Waals surface area (Å²) in [5.41, 5.74) is 0. The molecular weight excluding hydrogens is 282 g/mol. The van der Waals surface area contributed by atoms with Crippen LogP contribution in [0, 0.1) is 0 Å². The standard InChI is InChI=1S/C13H21NO3S2/c1-14(11-6-4-2-3-5-7-11)19(16,17)13-8-9-18-12(13)10-15/h8-9,11,15H,2-7,10H2,1H3. The molecule has 108 valence electrons. The summed E-state index contributed by atoms with van der Waals surface area (Å²) in [6, 6.07) is 1.69. The zero-order valence-corrected chi connectivity index (χ0v) is 12.8. The molecular formula is C13H21NO3S2. The maximum atomic E-state index is 12.6. The number of aliphatic hydroxyl groups is 1. The van der Waals surface area contributed by atoms with Gasteiger partial charge in [-0.15, -0.1) is 11.3 Å². The lowest BCUT2D eigenvalue weighted by molar-refractivity contribution is 0.281. The van der Waals surface area contributed by atoms with Crippen LogP contribution in [-0.2, 0) is 16.6 Å². The molecule has 6 heteroatoms. The van der Waals surface area contributed by atoms with Crippen molar-refractivity contribution in [1.29, 1.82) is 0 Å². The van der Waals surface area contributed by atoms with Gasteiger partial charge in [-0.05, 0) is 24.3 Å². The van der Waals surface area contributed by atoms with E-state index in [4.69, 9.17) is 0 Å². The fourth-order valence-corrected chi connectivity index (χ4v) is 5.33. The van der Waals surface area contributed by atoms with E-state index >= 15 is 0 Å². The lowest BCUT2D eigenvalue weighted by atomic mass is 10.1. The molecule has 0 aliphatic heterocycles. The number of nitrogens with zero attached hydrogens (tertiary/aromatic N) is 1. The van der Waals surface area contributed by atoms with Crippen LogP contribution in [-0.4, -0.2) is 30.9 Å². The second-order valence-corrected chi connectivity index (χ2v) is 8.00. The van der Waals surface area contributed by atoms with Gasteiger partial charge in [-0.2, -0.15) is 4.31 Å². The smallest absolute Gasteiger partial charge is 0.244 e. The van der Waals surface area contributed by atoms with Gasteiger partial charge < -0.3 is 5.11 Å². The van der Waals surface area contributed by atoms with Crippen LogP contribution in [0.4, 0.5) is 0 Å². The van der Waals surface area contributed by atoms with Crippen LogP contribution in [0.5, 0.6) is 0 Å². The molecule has 0 bridgehead atoms. The largest absolute Gasteiger partial charge is 0.391 e. The van der Waals surface area contributed by atoms with Crippen LogP contribution < -0.4 is 0 Å². The van der Waals surface area contributed by atoms with Crippen molar-refractivity contribution in [3.8, 4) is 0 Å². The number of sulfonamides is 1. The van der Waals surface area contributed by atoms with E-state index in [1.165, 1.54) is 28.5 Å². The molecule has 1 heterocycles. The van der Waals surface area contributed by atoms with Gasteiger partial charge >= 0.3 is 0 Å².